The van der Waals surface area contributed by atoms with Gasteiger partial charge in [0.2, 0.25) is 0 Å². The van der Waals surface area contributed by atoms with E-state index in [2.05, 4.69) is 15.4 Å². The van der Waals surface area contributed by atoms with Crippen LogP contribution in [0.1, 0.15) is 50.8 Å². The maximum Gasteiger partial charge on any atom is 0.433 e. The first-order chi connectivity index (χ1) is 16.0. The summed E-state index contributed by atoms with van der Waals surface area (Å²) in [6.07, 6.45) is -5.08. The van der Waals surface area contributed by atoms with E-state index in [9.17, 15) is 22.8 Å². The van der Waals surface area contributed by atoms with E-state index in [1.807, 2.05) is 0 Å². The average Bonchev–Trinajstić information content (AvgIpc) is 3.45. The number of halogens is 3. The number of hydrogen-bond donors (Lipinski definition) is 1. The number of aromatic nitrogens is 3. The number of hydrogen-bond acceptors (Lipinski definition) is 7. The van der Waals surface area contributed by atoms with Crippen LogP contribution in [0.5, 0.6) is 0 Å². The molecule has 4 aromatic heterocycles. The number of anilines is 1. The van der Waals surface area contributed by atoms with Crippen molar-refractivity contribution in [3.8, 4) is 10.6 Å². The number of alkyl halides is 3. The summed E-state index contributed by atoms with van der Waals surface area (Å²) >= 11 is 2.42. The van der Waals surface area contributed by atoms with E-state index >= 15 is 0 Å². The Morgan fingerprint density at radius 2 is 1.94 bits per heavy atom. The van der Waals surface area contributed by atoms with Crippen LogP contribution in [-0.2, 0) is 10.9 Å². The average molecular weight is 509 g/mol. The number of carbonyl (C=O) groups excluding carboxylic acids is 2. The van der Waals surface area contributed by atoms with Gasteiger partial charge in [-0.1, -0.05) is 6.07 Å². The summed E-state index contributed by atoms with van der Waals surface area (Å²) in [7, 11) is 0. The molecule has 0 saturated carbocycles. The van der Waals surface area contributed by atoms with Crippen molar-refractivity contribution >= 4 is 45.2 Å². The summed E-state index contributed by atoms with van der Waals surface area (Å²) < 4.78 is 47.1. The summed E-state index contributed by atoms with van der Waals surface area (Å²) in [5, 5.41) is 8.44. The molecular formula is C22H19F3N4O3S2. The molecule has 0 spiro atoms. The van der Waals surface area contributed by atoms with Crippen LogP contribution < -0.4 is 5.32 Å². The van der Waals surface area contributed by atoms with Gasteiger partial charge >= 0.3 is 12.1 Å². The molecule has 178 valence electrons. The number of ether oxygens (including phenoxy) is 1. The van der Waals surface area contributed by atoms with Crippen LogP contribution in [0.25, 0.3) is 16.2 Å². The van der Waals surface area contributed by atoms with Gasteiger partial charge in [0.05, 0.1) is 22.2 Å². The van der Waals surface area contributed by atoms with Crippen LogP contribution >= 0.6 is 22.7 Å². The number of aryl methyl sites for hydroxylation is 1. The minimum Gasteiger partial charge on any atom is -0.459 e. The second-order valence-corrected chi connectivity index (χ2v) is 9.87. The molecule has 0 aliphatic rings. The van der Waals surface area contributed by atoms with E-state index in [1.165, 1.54) is 28.7 Å². The fraction of sp³-hybridized carbons (Fsp3) is 0.273. The molecule has 1 N–H and O–H groups in total. The Morgan fingerprint density at radius 1 is 1.21 bits per heavy atom. The van der Waals surface area contributed by atoms with E-state index in [0.717, 1.165) is 10.9 Å². The quantitative estimate of drug-likeness (QED) is 0.336. The van der Waals surface area contributed by atoms with Gasteiger partial charge in [-0.3, -0.25) is 4.79 Å². The van der Waals surface area contributed by atoms with Crippen LogP contribution in [0.3, 0.4) is 0 Å². The van der Waals surface area contributed by atoms with Crippen LogP contribution in [0.15, 0.2) is 29.6 Å². The van der Waals surface area contributed by atoms with Crippen LogP contribution in [0, 0.1) is 13.8 Å². The number of carbonyl (C=O) groups is 2. The van der Waals surface area contributed by atoms with Crippen molar-refractivity contribution in [1.82, 2.24) is 14.6 Å². The van der Waals surface area contributed by atoms with Crippen molar-refractivity contribution in [3.05, 3.63) is 57.0 Å². The van der Waals surface area contributed by atoms with Gasteiger partial charge in [-0.15, -0.1) is 22.7 Å². The highest BCUT2D eigenvalue weighted by Gasteiger charge is 2.36. The molecule has 7 nitrogen and oxygen atoms in total. The molecule has 4 rings (SSSR count). The lowest BCUT2D eigenvalue weighted by molar-refractivity contribution is -0.142. The Hall–Kier alpha value is -3.25. The number of thiophene rings is 2. The van der Waals surface area contributed by atoms with Gasteiger partial charge in [-0.2, -0.15) is 18.3 Å². The molecule has 12 heteroatoms. The minimum atomic E-state index is -4.72. The van der Waals surface area contributed by atoms with Crippen molar-refractivity contribution in [2.75, 3.05) is 5.32 Å². The van der Waals surface area contributed by atoms with Crippen molar-refractivity contribution < 1.29 is 27.5 Å². The molecular weight excluding hydrogens is 489 g/mol. The van der Waals surface area contributed by atoms with Gasteiger partial charge < -0.3 is 10.1 Å². The van der Waals surface area contributed by atoms with E-state index in [4.69, 9.17) is 4.74 Å². The summed E-state index contributed by atoms with van der Waals surface area (Å²) in [5.41, 5.74) is -0.451. The van der Waals surface area contributed by atoms with Gasteiger partial charge in [0.25, 0.3) is 5.91 Å². The Bertz CT molecular complexity index is 1390. The second-order valence-electron chi connectivity index (χ2n) is 7.70. The minimum absolute atomic E-state index is 0.124. The molecule has 0 atom stereocenters. The zero-order chi connectivity index (χ0) is 24.8. The fourth-order valence-electron chi connectivity index (χ4n) is 3.24. The van der Waals surface area contributed by atoms with E-state index < -0.39 is 23.7 Å². The highest BCUT2D eigenvalue weighted by molar-refractivity contribution is 7.16. The third-order valence-electron chi connectivity index (χ3n) is 4.88. The Kier molecular flexibility index (Phi) is 6.21. The molecule has 0 radical (unpaired) electrons. The summed E-state index contributed by atoms with van der Waals surface area (Å²) in [6.45, 7) is 6.93. The third-order valence-corrected chi connectivity index (χ3v) is 6.90. The first-order valence-corrected chi connectivity index (χ1v) is 11.8. The Labute approximate surface area is 200 Å². The van der Waals surface area contributed by atoms with E-state index in [0.29, 0.717) is 15.0 Å². The highest BCUT2D eigenvalue weighted by atomic mass is 32.1. The summed E-state index contributed by atoms with van der Waals surface area (Å²) in [5.74, 6) is -1.36. The number of fused-ring (bicyclic) bond motifs is 1. The van der Waals surface area contributed by atoms with Gasteiger partial charge in [0.15, 0.2) is 17.0 Å². The molecule has 1 amide bonds. The molecule has 0 fully saturated rings. The van der Waals surface area contributed by atoms with Crippen molar-refractivity contribution in [2.45, 2.75) is 40.0 Å². The fourth-order valence-corrected chi connectivity index (χ4v) is 4.97. The second kappa shape index (κ2) is 8.84. The number of rotatable bonds is 5. The maximum atomic E-state index is 13.8. The van der Waals surface area contributed by atoms with Gasteiger partial charge in [-0.25, -0.2) is 14.3 Å². The molecule has 0 bridgehead atoms. The van der Waals surface area contributed by atoms with E-state index in [1.54, 1.807) is 45.2 Å². The molecule has 4 aromatic rings. The molecule has 0 aromatic carbocycles. The molecule has 0 saturated heterocycles. The lowest BCUT2D eigenvalue weighted by Crippen LogP contribution is -2.18. The number of esters is 1. The zero-order valence-corrected chi connectivity index (χ0v) is 20.1. The molecule has 0 aliphatic carbocycles. The van der Waals surface area contributed by atoms with Gasteiger partial charge in [-0.05, 0) is 50.8 Å². The smallest absolute Gasteiger partial charge is 0.433 e. The maximum absolute atomic E-state index is 13.8. The molecule has 0 aliphatic heterocycles. The third kappa shape index (κ3) is 4.55. The first kappa shape index (κ1) is 23.9. The van der Waals surface area contributed by atoms with Crippen LogP contribution in [0.2, 0.25) is 0 Å². The normalized spacial score (nSPS) is 11.9. The van der Waals surface area contributed by atoms with Crippen molar-refractivity contribution in [2.24, 2.45) is 0 Å². The lowest BCUT2D eigenvalue weighted by Gasteiger charge is -2.10. The highest BCUT2D eigenvalue weighted by Crippen LogP contribution is 2.35. The SMILES string of the molecule is Cc1sc(NC(=O)c2cc3nc(-c4cccs4)cc(C(F)(F)F)n3n2)c(C(=O)OC(C)C)c1C. The molecule has 34 heavy (non-hydrogen) atoms. The van der Waals surface area contributed by atoms with Crippen molar-refractivity contribution in [3.63, 3.8) is 0 Å². The standard InChI is InChI=1S/C22H19F3N4O3S2/c1-10(2)32-21(31)18-11(3)12(4)34-20(18)27-19(30)14-9-17-26-13(15-6-5-7-33-15)8-16(22(23,24)25)29(17)28-14/h5-10H,1-4H3,(H,27,30). The molecule has 4 heterocycles. The van der Waals surface area contributed by atoms with Gasteiger partial charge in [0.1, 0.15) is 5.00 Å². The topological polar surface area (TPSA) is 85.6 Å². The Balaban J connectivity index is 1.74. The number of amides is 1. The lowest BCUT2D eigenvalue weighted by atomic mass is 10.1. The van der Waals surface area contributed by atoms with Crippen LogP contribution in [-0.4, -0.2) is 32.6 Å². The summed E-state index contributed by atoms with van der Waals surface area (Å²) in [6, 6.07) is 5.45. The number of nitrogens with one attached hydrogen (secondary N) is 1. The van der Waals surface area contributed by atoms with Crippen LogP contribution in [0.4, 0.5) is 18.2 Å². The Morgan fingerprint density at radius 3 is 2.56 bits per heavy atom. The zero-order valence-electron chi connectivity index (χ0n) is 18.5. The largest absolute Gasteiger partial charge is 0.459 e. The van der Waals surface area contributed by atoms with Crippen molar-refractivity contribution in [1.29, 1.82) is 0 Å². The molecule has 0 unspecified atom stereocenters. The number of nitrogens with zero attached hydrogens (tertiary/aromatic N) is 3. The van der Waals surface area contributed by atoms with Gasteiger partial charge in [0, 0.05) is 10.9 Å². The van der Waals surface area contributed by atoms with E-state index in [-0.39, 0.29) is 33.7 Å². The first-order valence-electron chi connectivity index (χ1n) is 10.1. The summed E-state index contributed by atoms with van der Waals surface area (Å²) in [4.78, 5) is 31.1. The predicted molar refractivity (Wildman–Crippen MR) is 124 cm³/mol. The predicted octanol–water partition coefficient (Wildman–Crippen LogP) is 5.97. The monoisotopic (exact) mass is 508 g/mol.